The summed E-state index contributed by atoms with van der Waals surface area (Å²) < 4.78 is 10.6. The van der Waals surface area contributed by atoms with Gasteiger partial charge in [-0.2, -0.15) is 0 Å². The minimum Gasteiger partial charge on any atom is -0.383 e. The minimum absolute atomic E-state index is 0. The molecule has 5 nitrogen and oxygen atoms in total. The summed E-state index contributed by atoms with van der Waals surface area (Å²) in [6, 6.07) is 8.41. The number of aliphatic imine (C=N–C) groups is 1. The summed E-state index contributed by atoms with van der Waals surface area (Å²) in [7, 11) is 3.44. The van der Waals surface area contributed by atoms with Crippen molar-refractivity contribution in [2.45, 2.75) is 33.1 Å². The molecule has 0 saturated heterocycles. The maximum Gasteiger partial charge on any atom is 0.191 e. The maximum atomic E-state index is 5.58. The number of rotatable bonds is 8. The molecule has 0 bridgehead atoms. The molecule has 22 heavy (non-hydrogen) atoms. The van der Waals surface area contributed by atoms with Gasteiger partial charge in [0.15, 0.2) is 5.96 Å². The van der Waals surface area contributed by atoms with Gasteiger partial charge in [-0.3, -0.25) is 4.99 Å². The summed E-state index contributed by atoms with van der Waals surface area (Å²) >= 11 is 0. The van der Waals surface area contributed by atoms with Crippen LogP contribution < -0.4 is 10.6 Å². The lowest BCUT2D eigenvalue weighted by molar-refractivity contribution is 0.0657. The quantitative estimate of drug-likeness (QED) is 0.293. The standard InChI is InChI=1S/C16H27N3O2.HI/c1-13(2)21-12-15-7-5-14(6-8-15)11-19-16(17-3)18-9-10-20-4;/h5-8,13H,9-12H2,1-4H3,(H2,17,18,19);1H. The fourth-order valence-corrected chi connectivity index (χ4v) is 1.69. The lowest BCUT2D eigenvalue weighted by atomic mass is 10.1. The van der Waals surface area contributed by atoms with Gasteiger partial charge >= 0.3 is 0 Å². The van der Waals surface area contributed by atoms with Crippen LogP contribution in [0.15, 0.2) is 29.3 Å². The van der Waals surface area contributed by atoms with Gasteiger partial charge < -0.3 is 20.1 Å². The lowest BCUT2D eigenvalue weighted by Crippen LogP contribution is -2.38. The van der Waals surface area contributed by atoms with E-state index in [9.17, 15) is 0 Å². The molecule has 1 aromatic rings. The number of ether oxygens (including phenoxy) is 2. The first-order valence-electron chi connectivity index (χ1n) is 7.28. The Bertz CT molecular complexity index is 422. The van der Waals surface area contributed by atoms with Crippen molar-refractivity contribution < 1.29 is 9.47 Å². The van der Waals surface area contributed by atoms with E-state index in [1.807, 2.05) is 13.8 Å². The first kappa shape index (κ1) is 21.1. The van der Waals surface area contributed by atoms with Crippen LogP contribution in [-0.4, -0.2) is 39.4 Å². The smallest absolute Gasteiger partial charge is 0.191 e. The van der Waals surface area contributed by atoms with Crippen molar-refractivity contribution in [3.8, 4) is 0 Å². The van der Waals surface area contributed by atoms with E-state index < -0.39 is 0 Å². The van der Waals surface area contributed by atoms with E-state index >= 15 is 0 Å². The van der Waals surface area contributed by atoms with Gasteiger partial charge in [0.05, 0.1) is 19.3 Å². The Hall–Kier alpha value is -0.860. The highest BCUT2D eigenvalue weighted by atomic mass is 127. The first-order chi connectivity index (χ1) is 10.2. The second-order valence-corrected chi connectivity index (χ2v) is 5.02. The van der Waals surface area contributed by atoms with E-state index in [2.05, 4.69) is 39.9 Å². The molecule has 0 aromatic heterocycles. The molecule has 1 aromatic carbocycles. The summed E-state index contributed by atoms with van der Waals surface area (Å²) in [5, 5.41) is 6.44. The monoisotopic (exact) mass is 421 g/mol. The van der Waals surface area contributed by atoms with Crippen molar-refractivity contribution in [1.82, 2.24) is 10.6 Å². The molecule has 2 N–H and O–H groups in total. The first-order valence-corrected chi connectivity index (χ1v) is 7.28. The number of guanidine groups is 1. The van der Waals surface area contributed by atoms with Gasteiger partial charge in [-0.05, 0) is 25.0 Å². The van der Waals surface area contributed by atoms with Crippen molar-refractivity contribution >= 4 is 29.9 Å². The van der Waals surface area contributed by atoms with Crippen LogP contribution in [0.3, 0.4) is 0 Å². The molecule has 0 unspecified atom stereocenters. The molecular weight excluding hydrogens is 393 g/mol. The van der Waals surface area contributed by atoms with E-state index in [0.29, 0.717) is 13.2 Å². The van der Waals surface area contributed by atoms with Crippen LogP contribution >= 0.6 is 24.0 Å². The third-order valence-electron chi connectivity index (χ3n) is 2.89. The second-order valence-electron chi connectivity index (χ2n) is 5.02. The average molecular weight is 421 g/mol. The molecule has 0 aliphatic carbocycles. The number of hydrogen-bond donors (Lipinski definition) is 2. The average Bonchev–Trinajstić information content (AvgIpc) is 2.49. The number of halogens is 1. The summed E-state index contributed by atoms with van der Waals surface area (Å²) in [6.45, 7) is 6.87. The largest absolute Gasteiger partial charge is 0.383 e. The zero-order valence-corrected chi connectivity index (χ0v) is 16.2. The van der Waals surface area contributed by atoms with Crippen LogP contribution in [0.25, 0.3) is 0 Å². The third-order valence-corrected chi connectivity index (χ3v) is 2.89. The number of methoxy groups -OCH3 is 1. The molecule has 0 saturated carbocycles. The van der Waals surface area contributed by atoms with E-state index in [1.165, 1.54) is 11.1 Å². The van der Waals surface area contributed by atoms with Crippen LogP contribution in [0, 0.1) is 0 Å². The Morgan fingerprint density at radius 1 is 1.14 bits per heavy atom. The Morgan fingerprint density at radius 2 is 1.77 bits per heavy atom. The zero-order valence-electron chi connectivity index (χ0n) is 13.9. The van der Waals surface area contributed by atoms with Gasteiger partial charge in [0, 0.05) is 27.2 Å². The lowest BCUT2D eigenvalue weighted by Gasteiger charge is -2.12. The van der Waals surface area contributed by atoms with Crippen molar-refractivity contribution in [3.63, 3.8) is 0 Å². The fraction of sp³-hybridized carbons (Fsp3) is 0.562. The minimum atomic E-state index is 0. The topological polar surface area (TPSA) is 54.9 Å². The van der Waals surface area contributed by atoms with Gasteiger partial charge in [-0.1, -0.05) is 24.3 Å². The highest BCUT2D eigenvalue weighted by Crippen LogP contribution is 2.07. The van der Waals surface area contributed by atoms with Crippen molar-refractivity contribution in [1.29, 1.82) is 0 Å². The molecule has 0 spiro atoms. The number of nitrogens with one attached hydrogen (secondary N) is 2. The molecule has 0 fully saturated rings. The van der Waals surface area contributed by atoms with Gasteiger partial charge in [0.25, 0.3) is 0 Å². The Balaban J connectivity index is 0.00000441. The van der Waals surface area contributed by atoms with Gasteiger partial charge in [-0.25, -0.2) is 0 Å². The fourth-order valence-electron chi connectivity index (χ4n) is 1.69. The molecule has 0 amide bonds. The van der Waals surface area contributed by atoms with Crippen molar-refractivity contribution in [2.75, 3.05) is 27.3 Å². The highest BCUT2D eigenvalue weighted by molar-refractivity contribution is 14.0. The van der Waals surface area contributed by atoms with Gasteiger partial charge in [0.1, 0.15) is 0 Å². The normalized spacial score (nSPS) is 11.2. The van der Waals surface area contributed by atoms with Gasteiger partial charge in [-0.15, -0.1) is 24.0 Å². The van der Waals surface area contributed by atoms with E-state index in [-0.39, 0.29) is 30.1 Å². The molecular formula is C16H28IN3O2. The van der Waals surface area contributed by atoms with E-state index in [1.54, 1.807) is 14.2 Å². The SMILES string of the molecule is CN=C(NCCOC)NCc1ccc(COC(C)C)cc1.I. The predicted octanol–water partition coefficient (Wildman–Crippen LogP) is 2.54. The van der Waals surface area contributed by atoms with Crippen LogP contribution in [0.2, 0.25) is 0 Å². The summed E-state index contributed by atoms with van der Waals surface area (Å²) in [6.07, 6.45) is 0.257. The van der Waals surface area contributed by atoms with Crippen molar-refractivity contribution in [3.05, 3.63) is 35.4 Å². The third kappa shape index (κ3) is 9.22. The van der Waals surface area contributed by atoms with Crippen molar-refractivity contribution in [2.24, 2.45) is 4.99 Å². The predicted molar refractivity (Wildman–Crippen MR) is 102 cm³/mol. The summed E-state index contributed by atoms with van der Waals surface area (Å²) in [5.74, 6) is 0.777. The Kier molecular flexibility index (Phi) is 12.2. The second kappa shape index (κ2) is 12.7. The van der Waals surface area contributed by atoms with E-state index in [4.69, 9.17) is 9.47 Å². The zero-order chi connectivity index (χ0) is 15.5. The highest BCUT2D eigenvalue weighted by Gasteiger charge is 2.00. The molecule has 0 aliphatic heterocycles. The van der Waals surface area contributed by atoms with E-state index in [0.717, 1.165) is 19.0 Å². The maximum absolute atomic E-state index is 5.58. The van der Waals surface area contributed by atoms with Crippen LogP contribution in [0.1, 0.15) is 25.0 Å². The number of hydrogen-bond acceptors (Lipinski definition) is 3. The molecule has 6 heteroatoms. The molecule has 1 rings (SSSR count). The number of benzene rings is 1. The van der Waals surface area contributed by atoms with Crippen LogP contribution in [-0.2, 0) is 22.6 Å². The Morgan fingerprint density at radius 3 is 2.32 bits per heavy atom. The van der Waals surface area contributed by atoms with Crippen LogP contribution in [0.5, 0.6) is 0 Å². The number of nitrogens with zero attached hydrogens (tertiary/aromatic N) is 1. The molecule has 126 valence electrons. The summed E-state index contributed by atoms with van der Waals surface area (Å²) in [5.41, 5.74) is 2.40. The molecule has 0 atom stereocenters. The Labute approximate surface area is 150 Å². The molecule has 0 heterocycles. The summed E-state index contributed by atoms with van der Waals surface area (Å²) in [4.78, 5) is 4.16. The molecule has 0 radical (unpaired) electrons. The van der Waals surface area contributed by atoms with Gasteiger partial charge in [0.2, 0.25) is 0 Å². The van der Waals surface area contributed by atoms with Crippen LogP contribution in [0.4, 0.5) is 0 Å². The molecule has 0 aliphatic rings.